The lowest BCUT2D eigenvalue weighted by atomic mass is 10.1. The molecule has 0 aliphatic carbocycles. The maximum Gasteiger partial charge on any atom is 0.194 e. The Morgan fingerprint density at radius 1 is 1.11 bits per heavy atom. The molecule has 0 saturated heterocycles. The van der Waals surface area contributed by atoms with Crippen LogP contribution < -0.4 is 0 Å². The fourth-order valence-corrected chi connectivity index (χ4v) is 1.88. The van der Waals surface area contributed by atoms with Crippen LogP contribution in [0.25, 0.3) is 11.4 Å². The molecule has 2 aromatic rings. The van der Waals surface area contributed by atoms with Gasteiger partial charge >= 0.3 is 0 Å². The molecule has 0 amide bonds. The van der Waals surface area contributed by atoms with E-state index < -0.39 is 17.5 Å². The Balaban J connectivity index is 2.62. The van der Waals surface area contributed by atoms with Gasteiger partial charge in [0.15, 0.2) is 23.3 Å². The average Bonchev–Trinajstić information content (AvgIpc) is 2.38. The number of nitrogens with zero attached hydrogens (tertiary/aromatic N) is 2. The Kier molecular flexibility index (Phi) is 3.75. The zero-order chi connectivity index (χ0) is 14.2. The number of aromatic nitrogens is 2. The molecule has 0 saturated carbocycles. The number of benzene rings is 1. The molecule has 0 unspecified atom stereocenters. The van der Waals surface area contributed by atoms with E-state index in [0.717, 1.165) is 17.7 Å². The molecule has 1 aromatic carbocycles. The number of halogens is 4. The fraction of sp³-hybridized carbons (Fsp3) is 0.231. The maximum atomic E-state index is 13.2. The Labute approximate surface area is 113 Å². The van der Waals surface area contributed by atoms with Crippen molar-refractivity contribution in [1.82, 2.24) is 9.97 Å². The molecule has 0 aliphatic rings. The van der Waals surface area contributed by atoms with Gasteiger partial charge in [-0.15, -0.1) is 0 Å². The summed E-state index contributed by atoms with van der Waals surface area (Å²) in [5, 5.41) is 0.215. The molecule has 0 radical (unpaired) electrons. The Morgan fingerprint density at radius 2 is 1.68 bits per heavy atom. The molecule has 0 bridgehead atoms. The van der Waals surface area contributed by atoms with Crippen molar-refractivity contribution in [3.8, 4) is 11.4 Å². The number of hydrogen-bond donors (Lipinski definition) is 0. The smallest absolute Gasteiger partial charge is 0.194 e. The van der Waals surface area contributed by atoms with Crippen LogP contribution in [0.15, 0.2) is 12.1 Å². The Morgan fingerprint density at radius 3 is 2.21 bits per heavy atom. The van der Waals surface area contributed by atoms with E-state index in [1.54, 1.807) is 6.92 Å². The average molecular weight is 287 g/mol. The molecular weight excluding hydrogens is 277 g/mol. The highest BCUT2D eigenvalue weighted by atomic mass is 35.5. The standard InChI is InChI=1S/C13H10ClF3N2/c1-3-10-6(2)12(14)19-13(18-10)7-4-8(15)11(17)9(16)5-7/h4-5H,3H2,1-2H3. The van der Waals surface area contributed by atoms with Crippen LogP contribution in [0.1, 0.15) is 18.2 Å². The number of rotatable bonds is 2. The van der Waals surface area contributed by atoms with E-state index in [1.807, 2.05) is 6.92 Å². The molecule has 100 valence electrons. The van der Waals surface area contributed by atoms with Crippen molar-refractivity contribution in [2.24, 2.45) is 0 Å². The van der Waals surface area contributed by atoms with Crippen molar-refractivity contribution in [2.75, 3.05) is 0 Å². The van der Waals surface area contributed by atoms with Crippen molar-refractivity contribution in [1.29, 1.82) is 0 Å². The molecule has 0 fully saturated rings. The van der Waals surface area contributed by atoms with Gasteiger partial charge in [0.05, 0.1) is 0 Å². The first-order valence-corrected chi connectivity index (χ1v) is 5.99. The van der Waals surface area contributed by atoms with Crippen LogP contribution in [-0.2, 0) is 6.42 Å². The van der Waals surface area contributed by atoms with Gasteiger partial charge in [0.2, 0.25) is 0 Å². The van der Waals surface area contributed by atoms with Gasteiger partial charge < -0.3 is 0 Å². The molecule has 0 atom stereocenters. The molecule has 19 heavy (non-hydrogen) atoms. The molecule has 1 aromatic heterocycles. The molecule has 1 heterocycles. The zero-order valence-electron chi connectivity index (χ0n) is 10.3. The molecule has 6 heteroatoms. The van der Waals surface area contributed by atoms with Crippen LogP contribution in [0, 0.1) is 24.4 Å². The summed E-state index contributed by atoms with van der Waals surface area (Å²) in [7, 11) is 0. The normalized spacial score (nSPS) is 10.8. The largest absolute Gasteiger partial charge is 0.233 e. The van der Waals surface area contributed by atoms with Crippen LogP contribution in [0.2, 0.25) is 5.15 Å². The molecule has 0 spiro atoms. The van der Waals surface area contributed by atoms with Crippen LogP contribution in [0.5, 0.6) is 0 Å². The highest BCUT2D eigenvalue weighted by Crippen LogP contribution is 2.24. The summed E-state index contributed by atoms with van der Waals surface area (Å²) in [5.74, 6) is -4.01. The van der Waals surface area contributed by atoms with E-state index in [1.165, 1.54) is 0 Å². The second kappa shape index (κ2) is 5.17. The quantitative estimate of drug-likeness (QED) is 0.614. The predicted octanol–water partition coefficient (Wildman–Crippen LogP) is 4.09. The second-order valence-electron chi connectivity index (χ2n) is 4.02. The monoisotopic (exact) mass is 286 g/mol. The lowest BCUT2D eigenvalue weighted by Crippen LogP contribution is -2.01. The minimum Gasteiger partial charge on any atom is -0.233 e. The summed E-state index contributed by atoms with van der Waals surface area (Å²) in [6.07, 6.45) is 0.604. The summed E-state index contributed by atoms with van der Waals surface area (Å²) in [4.78, 5) is 8.14. The van der Waals surface area contributed by atoms with Crippen LogP contribution in [0.3, 0.4) is 0 Å². The Bertz CT molecular complexity index is 621. The second-order valence-corrected chi connectivity index (χ2v) is 4.38. The van der Waals surface area contributed by atoms with Gasteiger partial charge in [0.1, 0.15) is 5.15 Å². The maximum absolute atomic E-state index is 13.2. The van der Waals surface area contributed by atoms with Crippen molar-refractivity contribution < 1.29 is 13.2 Å². The predicted molar refractivity (Wildman–Crippen MR) is 66.5 cm³/mol. The van der Waals surface area contributed by atoms with Crippen molar-refractivity contribution >= 4 is 11.6 Å². The third-order valence-corrected chi connectivity index (χ3v) is 3.13. The molecular formula is C13H10ClF3N2. The van der Waals surface area contributed by atoms with Gasteiger partial charge in [-0.25, -0.2) is 23.1 Å². The minimum absolute atomic E-state index is 0.0491. The number of hydrogen-bond acceptors (Lipinski definition) is 2. The topological polar surface area (TPSA) is 25.8 Å². The van der Waals surface area contributed by atoms with Crippen molar-refractivity contribution in [3.05, 3.63) is 46.0 Å². The molecule has 2 nitrogen and oxygen atoms in total. The SMILES string of the molecule is CCc1nc(-c2cc(F)c(F)c(F)c2)nc(Cl)c1C. The lowest BCUT2D eigenvalue weighted by molar-refractivity contribution is 0.447. The van der Waals surface area contributed by atoms with Gasteiger partial charge in [-0.3, -0.25) is 0 Å². The van der Waals surface area contributed by atoms with Gasteiger partial charge in [-0.05, 0) is 25.5 Å². The van der Waals surface area contributed by atoms with Crippen molar-refractivity contribution in [3.63, 3.8) is 0 Å². The summed E-state index contributed by atoms with van der Waals surface area (Å²) in [5.41, 5.74) is 1.45. The summed E-state index contributed by atoms with van der Waals surface area (Å²) >= 11 is 5.95. The van der Waals surface area contributed by atoms with Gasteiger partial charge in [-0.2, -0.15) is 0 Å². The first kappa shape index (κ1) is 13.8. The third kappa shape index (κ3) is 2.56. The summed E-state index contributed by atoms with van der Waals surface area (Å²) in [6.45, 7) is 3.64. The molecule has 0 aliphatic heterocycles. The van der Waals surface area contributed by atoms with Gasteiger partial charge in [-0.1, -0.05) is 18.5 Å². The zero-order valence-corrected chi connectivity index (χ0v) is 11.0. The first-order chi connectivity index (χ1) is 8.93. The summed E-state index contributed by atoms with van der Waals surface area (Å²) in [6, 6.07) is 1.69. The van der Waals surface area contributed by atoms with E-state index in [0.29, 0.717) is 12.1 Å². The third-order valence-electron chi connectivity index (χ3n) is 2.76. The van der Waals surface area contributed by atoms with E-state index >= 15 is 0 Å². The van der Waals surface area contributed by atoms with Crippen LogP contribution in [0.4, 0.5) is 13.2 Å². The van der Waals surface area contributed by atoms with E-state index in [2.05, 4.69) is 9.97 Å². The molecule has 0 N–H and O–H groups in total. The van der Waals surface area contributed by atoms with Gasteiger partial charge in [0, 0.05) is 16.8 Å². The van der Waals surface area contributed by atoms with E-state index in [4.69, 9.17) is 11.6 Å². The first-order valence-electron chi connectivity index (χ1n) is 5.62. The lowest BCUT2D eigenvalue weighted by Gasteiger charge is -2.08. The van der Waals surface area contributed by atoms with E-state index in [-0.39, 0.29) is 16.5 Å². The highest BCUT2D eigenvalue weighted by molar-refractivity contribution is 6.30. The Hall–Kier alpha value is -1.62. The van der Waals surface area contributed by atoms with Crippen LogP contribution in [-0.4, -0.2) is 9.97 Å². The van der Waals surface area contributed by atoms with E-state index in [9.17, 15) is 13.2 Å². The summed E-state index contributed by atoms with van der Waals surface area (Å²) < 4.78 is 39.3. The van der Waals surface area contributed by atoms with Gasteiger partial charge in [0.25, 0.3) is 0 Å². The minimum atomic E-state index is -1.52. The fourth-order valence-electron chi connectivity index (χ4n) is 1.69. The molecule has 2 rings (SSSR count). The van der Waals surface area contributed by atoms with Crippen LogP contribution >= 0.6 is 11.6 Å². The number of aryl methyl sites for hydroxylation is 1. The van der Waals surface area contributed by atoms with Crippen molar-refractivity contribution in [2.45, 2.75) is 20.3 Å². The highest BCUT2D eigenvalue weighted by Gasteiger charge is 2.15.